The average molecular weight is 526 g/mol. The molecule has 0 bridgehead atoms. The largest absolute Gasteiger partial charge is 0.514 e. The summed E-state index contributed by atoms with van der Waals surface area (Å²) in [5.41, 5.74) is 0.877. The minimum absolute atomic E-state index is 0.0655. The summed E-state index contributed by atoms with van der Waals surface area (Å²) in [6.45, 7) is 5.35. The fourth-order valence-corrected chi connectivity index (χ4v) is 3.90. The van der Waals surface area contributed by atoms with Crippen LogP contribution in [0.1, 0.15) is 26.3 Å². The summed E-state index contributed by atoms with van der Waals surface area (Å²) in [6, 6.07) is 12.2. The van der Waals surface area contributed by atoms with Crippen molar-refractivity contribution in [2.45, 2.75) is 51.0 Å². The molecule has 1 saturated heterocycles. The zero-order chi connectivity index (χ0) is 27.3. The van der Waals surface area contributed by atoms with Crippen LogP contribution in [0.3, 0.4) is 0 Å². The normalized spacial score (nSPS) is 19.0. The highest BCUT2D eigenvalue weighted by Gasteiger charge is 2.42. The van der Waals surface area contributed by atoms with Gasteiger partial charge in [0.25, 0.3) is 5.69 Å². The molecule has 200 valence electrons. The highest BCUT2D eigenvalue weighted by molar-refractivity contribution is 5.65. The van der Waals surface area contributed by atoms with E-state index in [2.05, 4.69) is 10.3 Å². The first-order valence-corrected chi connectivity index (χ1v) is 11.8. The van der Waals surface area contributed by atoms with E-state index in [0.29, 0.717) is 12.2 Å². The molecule has 12 heteroatoms. The fraction of sp³-hybridized carbons (Fsp3) is 0.346. The number of aromatic nitrogens is 1. The van der Waals surface area contributed by atoms with Crippen LogP contribution in [0.2, 0.25) is 0 Å². The van der Waals surface area contributed by atoms with E-state index in [1.165, 1.54) is 30.7 Å². The Morgan fingerprint density at radius 1 is 1.08 bits per heavy atom. The second kappa shape index (κ2) is 11.3. The summed E-state index contributed by atoms with van der Waals surface area (Å²) < 4.78 is 26.8. The minimum atomic E-state index is -1.05. The van der Waals surface area contributed by atoms with E-state index in [1.807, 2.05) is 24.3 Å². The summed E-state index contributed by atoms with van der Waals surface area (Å²) in [5.74, 6) is 0.701. The zero-order valence-corrected chi connectivity index (χ0v) is 21.0. The van der Waals surface area contributed by atoms with Crippen molar-refractivity contribution >= 4 is 18.0 Å². The molecule has 1 N–H and O–H groups in total. The second-order valence-corrected chi connectivity index (χ2v) is 9.59. The summed E-state index contributed by atoms with van der Waals surface area (Å²) in [7, 11) is 0. The minimum Gasteiger partial charge on any atom is -0.444 e. The molecule has 0 unspecified atom stereocenters. The molecule has 0 saturated carbocycles. The number of oxazole rings is 1. The lowest BCUT2D eigenvalue weighted by molar-refractivity contribution is -0.384. The molecular formula is C26H27N3O9. The lowest BCUT2D eigenvalue weighted by atomic mass is 10.00. The van der Waals surface area contributed by atoms with Crippen molar-refractivity contribution in [3.8, 4) is 17.1 Å². The van der Waals surface area contributed by atoms with Gasteiger partial charge in [0, 0.05) is 24.2 Å². The van der Waals surface area contributed by atoms with Gasteiger partial charge < -0.3 is 28.7 Å². The van der Waals surface area contributed by atoms with Crippen molar-refractivity contribution in [2.24, 2.45) is 0 Å². The summed E-state index contributed by atoms with van der Waals surface area (Å²) >= 11 is 0. The van der Waals surface area contributed by atoms with Crippen molar-refractivity contribution in [3.05, 3.63) is 76.8 Å². The van der Waals surface area contributed by atoms with Crippen LogP contribution in [0, 0.1) is 10.1 Å². The average Bonchev–Trinajstić information content (AvgIpc) is 3.50. The van der Waals surface area contributed by atoms with Crippen molar-refractivity contribution in [3.63, 3.8) is 0 Å². The number of ether oxygens (including phenoxy) is 4. The Bertz CT molecular complexity index is 1250. The molecule has 2 heterocycles. The first-order valence-electron chi connectivity index (χ1n) is 11.8. The number of hydrogen-bond donors (Lipinski definition) is 1. The number of rotatable bonds is 7. The first-order chi connectivity index (χ1) is 18.1. The Morgan fingerprint density at radius 2 is 1.79 bits per heavy atom. The third-order valence-electron chi connectivity index (χ3n) is 5.59. The maximum absolute atomic E-state index is 12.6. The van der Waals surface area contributed by atoms with Gasteiger partial charge in [0.1, 0.15) is 11.4 Å². The van der Waals surface area contributed by atoms with Gasteiger partial charge in [0.15, 0.2) is 24.4 Å². The number of benzene rings is 2. The molecule has 1 fully saturated rings. The van der Waals surface area contributed by atoms with Crippen LogP contribution in [-0.2, 0) is 20.6 Å². The number of nitro benzene ring substituents is 1. The molecular weight excluding hydrogens is 498 g/mol. The van der Waals surface area contributed by atoms with E-state index in [4.69, 9.17) is 23.4 Å². The van der Waals surface area contributed by atoms with Crippen molar-refractivity contribution in [1.29, 1.82) is 0 Å². The molecule has 1 aliphatic rings. The third-order valence-corrected chi connectivity index (χ3v) is 5.59. The van der Waals surface area contributed by atoms with Gasteiger partial charge in [-0.15, -0.1) is 0 Å². The quantitative estimate of drug-likeness (QED) is 0.198. The number of carbonyl (C=O) groups excluding carboxylic acids is 2. The SMILES string of the molecule is CC(C)(C)OC(=O)O[C@H]1CN[C@H](Cc2ccc(-c3cnco3)cc2)[C@@H]1OC(=O)Oc1ccc([N+](=O)[O-])cc1. The number of nitrogens with zero attached hydrogens (tertiary/aromatic N) is 2. The molecule has 12 nitrogen and oxygen atoms in total. The van der Waals surface area contributed by atoms with Gasteiger partial charge in [-0.2, -0.15) is 0 Å². The van der Waals surface area contributed by atoms with Gasteiger partial charge in [-0.3, -0.25) is 10.1 Å². The smallest absolute Gasteiger partial charge is 0.444 e. The molecule has 0 aliphatic carbocycles. The molecule has 1 aliphatic heterocycles. The number of carbonyl (C=O) groups is 2. The van der Waals surface area contributed by atoms with E-state index < -0.39 is 41.1 Å². The Labute approximate surface area is 218 Å². The summed E-state index contributed by atoms with van der Waals surface area (Å²) in [6.07, 6.45) is -0.259. The standard InChI is InChI=1S/C26H27N3O9/c1-26(2,3)38-25(31)36-22-14-28-20(12-16-4-6-17(7-5-16)21-13-27-15-34-21)23(22)37-24(30)35-19-10-8-18(9-11-19)29(32)33/h4-11,13,15,20,22-23,28H,12,14H2,1-3H3/t20-,22+,23+/m1/s1. The van der Waals surface area contributed by atoms with Crippen molar-refractivity contribution in [2.75, 3.05) is 6.54 Å². The van der Waals surface area contributed by atoms with E-state index in [0.717, 1.165) is 11.1 Å². The van der Waals surface area contributed by atoms with Crippen LogP contribution in [-0.4, -0.2) is 52.6 Å². The second-order valence-electron chi connectivity index (χ2n) is 9.59. The summed E-state index contributed by atoms with van der Waals surface area (Å²) in [5, 5.41) is 14.1. The van der Waals surface area contributed by atoms with Gasteiger partial charge in [-0.05, 0) is 44.9 Å². The van der Waals surface area contributed by atoms with E-state index in [9.17, 15) is 19.7 Å². The number of nitrogens with one attached hydrogen (secondary N) is 1. The van der Waals surface area contributed by atoms with Crippen molar-refractivity contribution in [1.82, 2.24) is 10.3 Å². The Morgan fingerprint density at radius 3 is 2.39 bits per heavy atom. The lowest BCUT2D eigenvalue weighted by Gasteiger charge is -2.25. The Hall–Kier alpha value is -4.45. The molecule has 1 aromatic heterocycles. The molecule has 3 aromatic rings. The monoisotopic (exact) mass is 525 g/mol. The predicted octanol–water partition coefficient (Wildman–Crippen LogP) is 4.67. The maximum atomic E-state index is 12.6. The van der Waals surface area contributed by atoms with Gasteiger partial charge in [0.2, 0.25) is 0 Å². The molecule has 3 atom stereocenters. The lowest BCUT2D eigenvalue weighted by Crippen LogP contribution is -2.41. The fourth-order valence-electron chi connectivity index (χ4n) is 3.90. The highest BCUT2D eigenvalue weighted by Crippen LogP contribution is 2.25. The van der Waals surface area contributed by atoms with Gasteiger partial charge in [0.05, 0.1) is 17.2 Å². The summed E-state index contributed by atoms with van der Waals surface area (Å²) in [4.78, 5) is 39.2. The molecule has 0 spiro atoms. The number of nitro groups is 1. The molecule has 0 amide bonds. The third kappa shape index (κ3) is 7.07. The van der Waals surface area contributed by atoms with Crippen LogP contribution >= 0.6 is 0 Å². The Balaban J connectivity index is 1.46. The van der Waals surface area contributed by atoms with Crippen LogP contribution in [0.25, 0.3) is 11.3 Å². The van der Waals surface area contributed by atoms with Crippen molar-refractivity contribution < 1.29 is 37.9 Å². The van der Waals surface area contributed by atoms with Crippen LogP contribution in [0.4, 0.5) is 15.3 Å². The predicted molar refractivity (Wildman–Crippen MR) is 133 cm³/mol. The first kappa shape index (κ1) is 26.6. The zero-order valence-electron chi connectivity index (χ0n) is 21.0. The van der Waals surface area contributed by atoms with Crippen LogP contribution in [0.5, 0.6) is 5.75 Å². The molecule has 38 heavy (non-hydrogen) atoms. The highest BCUT2D eigenvalue weighted by atomic mass is 16.8. The van der Waals surface area contributed by atoms with E-state index in [-0.39, 0.29) is 18.0 Å². The molecule has 2 aromatic carbocycles. The Kier molecular flexibility index (Phi) is 7.91. The van der Waals surface area contributed by atoms with Crippen LogP contribution in [0.15, 0.2) is 65.5 Å². The van der Waals surface area contributed by atoms with Gasteiger partial charge >= 0.3 is 12.3 Å². The van der Waals surface area contributed by atoms with Crippen LogP contribution < -0.4 is 10.1 Å². The molecule has 0 radical (unpaired) electrons. The number of hydrogen-bond acceptors (Lipinski definition) is 11. The van der Waals surface area contributed by atoms with Gasteiger partial charge in [-0.1, -0.05) is 24.3 Å². The van der Waals surface area contributed by atoms with E-state index in [1.54, 1.807) is 27.0 Å². The number of non-ortho nitro benzene ring substituents is 1. The molecule has 4 rings (SSSR count). The van der Waals surface area contributed by atoms with Gasteiger partial charge in [-0.25, -0.2) is 14.6 Å². The van der Waals surface area contributed by atoms with E-state index >= 15 is 0 Å². The maximum Gasteiger partial charge on any atom is 0.514 e. The topological polar surface area (TPSA) is 152 Å².